The van der Waals surface area contributed by atoms with Crippen LogP contribution in [-0.4, -0.2) is 22.0 Å². The summed E-state index contributed by atoms with van der Waals surface area (Å²) in [6, 6.07) is 0. The Hall–Kier alpha value is -2.18. The van der Waals surface area contributed by atoms with E-state index in [0.717, 1.165) is 17.7 Å². The number of aromatic nitrogens is 3. The molecule has 0 aliphatic carbocycles. The van der Waals surface area contributed by atoms with Gasteiger partial charge in [0.15, 0.2) is 11.6 Å². The molecule has 0 bridgehead atoms. The molecule has 6 nitrogen and oxygen atoms in total. The molecule has 0 saturated heterocycles. The van der Waals surface area contributed by atoms with Crippen LogP contribution in [0.4, 0.5) is 16.2 Å². The first-order valence-electron chi connectivity index (χ1n) is 5.47. The maximum absolute atomic E-state index is 13.4. The molecule has 2 N–H and O–H groups in total. The van der Waals surface area contributed by atoms with Crippen molar-refractivity contribution in [2.45, 2.75) is 20.4 Å². The number of nitrogens with one attached hydrogen (secondary N) is 2. The number of anilines is 2. The van der Waals surface area contributed by atoms with E-state index in [1.807, 2.05) is 13.8 Å². The van der Waals surface area contributed by atoms with Crippen molar-refractivity contribution in [1.29, 1.82) is 0 Å². The van der Waals surface area contributed by atoms with E-state index in [1.54, 1.807) is 7.05 Å². The molecule has 0 radical (unpaired) electrons. The molecule has 0 spiro atoms. The van der Waals surface area contributed by atoms with Gasteiger partial charge in [0.25, 0.3) is 0 Å². The molecule has 2 aromatic heterocycles. The molecular weight excluding hydrogens is 237 g/mol. The van der Waals surface area contributed by atoms with E-state index < -0.39 is 5.82 Å². The first-order chi connectivity index (χ1) is 8.60. The van der Waals surface area contributed by atoms with Crippen molar-refractivity contribution in [3.63, 3.8) is 0 Å². The van der Waals surface area contributed by atoms with Crippen LogP contribution in [0.3, 0.4) is 0 Å². The zero-order chi connectivity index (χ0) is 13.1. The minimum atomic E-state index is -0.519. The molecule has 0 aliphatic rings. The number of rotatable bonds is 4. The van der Waals surface area contributed by atoms with Gasteiger partial charge in [0.05, 0.1) is 18.4 Å². The van der Waals surface area contributed by atoms with E-state index in [9.17, 15) is 4.39 Å². The lowest BCUT2D eigenvalue weighted by Gasteiger charge is -2.05. The van der Waals surface area contributed by atoms with Crippen LogP contribution < -0.4 is 10.6 Å². The lowest BCUT2D eigenvalue weighted by atomic mass is 10.4. The summed E-state index contributed by atoms with van der Waals surface area (Å²) in [5, 5.41) is 5.56. The molecule has 96 valence electrons. The fraction of sp³-hybridized carbons (Fsp3) is 0.364. The van der Waals surface area contributed by atoms with Gasteiger partial charge in [-0.15, -0.1) is 0 Å². The molecule has 0 aromatic carbocycles. The molecule has 2 aromatic rings. The second kappa shape index (κ2) is 4.99. The number of hydrogen-bond acceptors (Lipinski definition) is 6. The largest absolute Gasteiger partial charge is 0.444 e. The van der Waals surface area contributed by atoms with Crippen LogP contribution in [-0.2, 0) is 6.54 Å². The van der Waals surface area contributed by atoms with Crippen molar-refractivity contribution >= 4 is 11.8 Å². The van der Waals surface area contributed by atoms with Crippen molar-refractivity contribution < 1.29 is 8.81 Å². The van der Waals surface area contributed by atoms with E-state index >= 15 is 0 Å². The highest BCUT2D eigenvalue weighted by atomic mass is 19.1. The Morgan fingerprint density at radius 3 is 2.72 bits per heavy atom. The molecule has 0 unspecified atom stereocenters. The van der Waals surface area contributed by atoms with Gasteiger partial charge in [0, 0.05) is 7.05 Å². The van der Waals surface area contributed by atoms with Gasteiger partial charge < -0.3 is 15.1 Å². The summed E-state index contributed by atoms with van der Waals surface area (Å²) in [6.45, 7) is 3.95. The summed E-state index contributed by atoms with van der Waals surface area (Å²) in [6.07, 6.45) is 1.10. The Balaban J connectivity index is 2.10. The minimum Gasteiger partial charge on any atom is -0.444 e. The predicted octanol–water partition coefficient (Wildman–Crippen LogP) is 1.87. The summed E-state index contributed by atoms with van der Waals surface area (Å²) >= 11 is 0. The Bertz CT molecular complexity index is 535. The fourth-order valence-corrected chi connectivity index (χ4v) is 1.39. The quantitative estimate of drug-likeness (QED) is 0.864. The molecule has 2 heterocycles. The lowest BCUT2D eigenvalue weighted by Crippen LogP contribution is -2.07. The molecule has 0 aliphatic heterocycles. The number of halogens is 1. The predicted molar refractivity (Wildman–Crippen MR) is 64.8 cm³/mol. The summed E-state index contributed by atoms with van der Waals surface area (Å²) in [7, 11) is 1.66. The van der Waals surface area contributed by atoms with Gasteiger partial charge in [0.2, 0.25) is 11.8 Å². The average Bonchev–Trinajstić information content (AvgIpc) is 2.68. The standard InChI is InChI=1S/C11H14FN5O/c1-6-7(2)18-9(16-6)5-14-10-8(12)4-15-11(13-3)17-10/h4H,5H2,1-3H3,(H2,13,14,15,17). The topological polar surface area (TPSA) is 75.9 Å². The third kappa shape index (κ3) is 2.55. The first-order valence-corrected chi connectivity index (χ1v) is 5.47. The maximum atomic E-state index is 13.4. The third-order valence-corrected chi connectivity index (χ3v) is 2.45. The van der Waals surface area contributed by atoms with E-state index in [0.29, 0.717) is 11.8 Å². The normalized spacial score (nSPS) is 10.4. The monoisotopic (exact) mass is 251 g/mol. The minimum absolute atomic E-state index is 0.114. The zero-order valence-corrected chi connectivity index (χ0v) is 10.4. The van der Waals surface area contributed by atoms with E-state index in [-0.39, 0.29) is 12.4 Å². The number of aryl methyl sites for hydroxylation is 2. The van der Waals surface area contributed by atoms with Gasteiger partial charge in [-0.2, -0.15) is 4.98 Å². The highest BCUT2D eigenvalue weighted by Gasteiger charge is 2.09. The zero-order valence-electron chi connectivity index (χ0n) is 10.4. The fourth-order valence-electron chi connectivity index (χ4n) is 1.39. The Morgan fingerprint density at radius 1 is 1.33 bits per heavy atom. The van der Waals surface area contributed by atoms with Crippen molar-refractivity contribution in [3.05, 3.63) is 29.4 Å². The van der Waals surface area contributed by atoms with Gasteiger partial charge in [-0.05, 0) is 13.8 Å². The van der Waals surface area contributed by atoms with Crippen LogP contribution in [0.1, 0.15) is 17.3 Å². The van der Waals surface area contributed by atoms with Gasteiger partial charge in [-0.3, -0.25) is 0 Å². The summed E-state index contributed by atoms with van der Waals surface area (Å²) < 4.78 is 18.8. The maximum Gasteiger partial charge on any atom is 0.224 e. The summed E-state index contributed by atoms with van der Waals surface area (Å²) in [5.41, 5.74) is 0.825. The molecule has 0 amide bonds. The Kier molecular flexibility index (Phi) is 3.40. The molecule has 2 rings (SSSR count). The van der Waals surface area contributed by atoms with Crippen LogP contribution >= 0.6 is 0 Å². The van der Waals surface area contributed by atoms with Gasteiger partial charge >= 0.3 is 0 Å². The van der Waals surface area contributed by atoms with Crippen LogP contribution in [0, 0.1) is 19.7 Å². The number of nitrogens with zero attached hydrogens (tertiary/aromatic N) is 3. The van der Waals surface area contributed by atoms with E-state index in [1.165, 1.54) is 0 Å². The molecule has 7 heteroatoms. The highest BCUT2D eigenvalue weighted by Crippen LogP contribution is 2.14. The van der Waals surface area contributed by atoms with Gasteiger partial charge in [0.1, 0.15) is 5.76 Å². The van der Waals surface area contributed by atoms with Crippen molar-refractivity contribution in [1.82, 2.24) is 15.0 Å². The Labute approximate surface area is 104 Å². The molecule has 0 fully saturated rings. The first kappa shape index (κ1) is 12.3. The average molecular weight is 251 g/mol. The second-order valence-corrected chi connectivity index (χ2v) is 3.74. The smallest absolute Gasteiger partial charge is 0.224 e. The second-order valence-electron chi connectivity index (χ2n) is 3.74. The third-order valence-electron chi connectivity index (χ3n) is 2.45. The van der Waals surface area contributed by atoms with E-state index in [2.05, 4.69) is 25.6 Å². The van der Waals surface area contributed by atoms with Crippen molar-refractivity contribution in [3.8, 4) is 0 Å². The summed E-state index contributed by atoms with van der Waals surface area (Å²) in [4.78, 5) is 11.9. The highest BCUT2D eigenvalue weighted by molar-refractivity contribution is 5.40. The van der Waals surface area contributed by atoms with E-state index in [4.69, 9.17) is 4.42 Å². The Morgan fingerprint density at radius 2 is 2.11 bits per heavy atom. The van der Waals surface area contributed by atoms with Crippen LogP contribution in [0.2, 0.25) is 0 Å². The molecule has 0 atom stereocenters. The number of oxazole rings is 1. The van der Waals surface area contributed by atoms with Gasteiger partial charge in [-0.25, -0.2) is 14.4 Å². The van der Waals surface area contributed by atoms with Gasteiger partial charge in [-0.1, -0.05) is 0 Å². The molecule has 0 saturated carbocycles. The molecular formula is C11H14FN5O. The number of hydrogen-bond donors (Lipinski definition) is 2. The lowest BCUT2D eigenvalue weighted by molar-refractivity contribution is 0.477. The SMILES string of the molecule is CNc1ncc(F)c(NCc2nc(C)c(C)o2)n1. The van der Waals surface area contributed by atoms with Crippen LogP contribution in [0.15, 0.2) is 10.6 Å². The van der Waals surface area contributed by atoms with Crippen molar-refractivity contribution in [2.24, 2.45) is 0 Å². The van der Waals surface area contributed by atoms with Crippen LogP contribution in [0.25, 0.3) is 0 Å². The van der Waals surface area contributed by atoms with Crippen molar-refractivity contribution in [2.75, 3.05) is 17.7 Å². The van der Waals surface area contributed by atoms with Crippen LogP contribution in [0.5, 0.6) is 0 Å². The summed E-state index contributed by atoms with van der Waals surface area (Å²) in [5.74, 6) is 1.19. The molecule has 18 heavy (non-hydrogen) atoms.